The fraction of sp³-hybridized carbons (Fsp3) is 0.545. The summed E-state index contributed by atoms with van der Waals surface area (Å²) >= 11 is 1.04. The summed E-state index contributed by atoms with van der Waals surface area (Å²) in [6, 6.07) is 0. The zero-order valence-electron chi connectivity index (χ0n) is 10.5. The lowest BCUT2D eigenvalue weighted by molar-refractivity contribution is -0.133. The Kier molecular flexibility index (Phi) is 3.61. The summed E-state index contributed by atoms with van der Waals surface area (Å²) in [5, 5.41) is 16.1. The molecule has 2 rings (SSSR count). The van der Waals surface area contributed by atoms with Crippen LogP contribution in [-0.2, 0) is 11.3 Å². The summed E-state index contributed by atoms with van der Waals surface area (Å²) < 4.78 is 0. The van der Waals surface area contributed by atoms with Crippen LogP contribution in [0.3, 0.4) is 0 Å². The molecule has 0 spiro atoms. The van der Waals surface area contributed by atoms with Crippen LogP contribution in [-0.4, -0.2) is 21.9 Å². The van der Waals surface area contributed by atoms with Crippen molar-refractivity contribution in [1.82, 2.24) is 10.3 Å². The minimum absolute atomic E-state index is 0.0538. The van der Waals surface area contributed by atoms with Gasteiger partial charge in [-0.3, -0.25) is 9.59 Å². The molecule has 8 heteroatoms. The van der Waals surface area contributed by atoms with Crippen molar-refractivity contribution in [1.29, 1.82) is 0 Å². The van der Waals surface area contributed by atoms with Crippen molar-refractivity contribution in [3.63, 3.8) is 0 Å². The summed E-state index contributed by atoms with van der Waals surface area (Å²) in [6.45, 7) is 2.24. The Morgan fingerprint density at radius 1 is 1.74 bits per heavy atom. The van der Waals surface area contributed by atoms with Crippen LogP contribution in [0.15, 0.2) is 15.3 Å². The van der Waals surface area contributed by atoms with E-state index in [0.29, 0.717) is 24.5 Å². The van der Waals surface area contributed by atoms with Crippen molar-refractivity contribution in [3.05, 3.63) is 20.7 Å². The number of amides is 1. The molecule has 0 atom stereocenters. The molecule has 1 aliphatic rings. The zero-order chi connectivity index (χ0) is 14.0. The largest absolute Gasteiger partial charge is 0.409 e. The number of thiazole rings is 1. The van der Waals surface area contributed by atoms with Crippen LogP contribution in [0.5, 0.6) is 0 Å². The van der Waals surface area contributed by atoms with E-state index < -0.39 is 5.41 Å². The molecule has 0 aliphatic heterocycles. The second-order valence-electron chi connectivity index (χ2n) is 4.94. The monoisotopic (exact) mass is 284 g/mol. The number of carbonyl (C=O) groups is 1. The van der Waals surface area contributed by atoms with Gasteiger partial charge >= 0.3 is 4.87 Å². The highest BCUT2D eigenvalue weighted by atomic mass is 32.1. The van der Waals surface area contributed by atoms with Crippen LogP contribution < -0.4 is 15.9 Å². The maximum atomic E-state index is 12.2. The third-order valence-electron chi connectivity index (χ3n) is 3.44. The topological polar surface area (TPSA) is 121 Å². The number of hydrogen-bond donors (Lipinski definition) is 4. The second-order valence-corrected chi connectivity index (χ2v) is 5.78. The second kappa shape index (κ2) is 5.04. The summed E-state index contributed by atoms with van der Waals surface area (Å²) in [5.41, 5.74) is 5.36. The number of aromatic nitrogens is 1. The number of nitrogens with two attached hydrogens (primary N) is 1. The molecule has 1 aromatic rings. The summed E-state index contributed by atoms with van der Waals surface area (Å²) in [7, 11) is 0. The molecule has 1 saturated carbocycles. The van der Waals surface area contributed by atoms with E-state index in [4.69, 9.17) is 10.9 Å². The Morgan fingerprint density at radius 2 is 2.42 bits per heavy atom. The molecule has 0 radical (unpaired) electrons. The van der Waals surface area contributed by atoms with Gasteiger partial charge in [-0.15, -0.1) is 0 Å². The van der Waals surface area contributed by atoms with Gasteiger partial charge in [0.05, 0.1) is 6.54 Å². The van der Waals surface area contributed by atoms with Gasteiger partial charge in [0.15, 0.2) is 5.84 Å². The van der Waals surface area contributed by atoms with Gasteiger partial charge in [-0.1, -0.05) is 23.4 Å². The van der Waals surface area contributed by atoms with Crippen molar-refractivity contribution in [2.24, 2.45) is 22.2 Å². The lowest BCUT2D eigenvalue weighted by atomic mass is 9.61. The summed E-state index contributed by atoms with van der Waals surface area (Å²) in [5.74, 6) is 0.0434. The predicted octanol–water partition coefficient (Wildman–Crippen LogP) is 0.215. The molecule has 0 unspecified atom stereocenters. The van der Waals surface area contributed by atoms with E-state index in [2.05, 4.69) is 15.5 Å². The maximum absolute atomic E-state index is 12.2. The molecular formula is C11H16N4O3S. The van der Waals surface area contributed by atoms with E-state index in [9.17, 15) is 9.59 Å². The van der Waals surface area contributed by atoms with E-state index in [1.165, 1.54) is 0 Å². The van der Waals surface area contributed by atoms with Crippen molar-refractivity contribution >= 4 is 23.1 Å². The SMILES string of the molecule is CC1CC(C(=O)NCc2csc(=O)[nH]2)(C(N)=NO)C1. The maximum Gasteiger partial charge on any atom is 0.304 e. The smallest absolute Gasteiger partial charge is 0.304 e. The van der Waals surface area contributed by atoms with Crippen LogP contribution >= 0.6 is 11.3 Å². The van der Waals surface area contributed by atoms with Gasteiger partial charge in [-0.05, 0) is 18.8 Å². The molecule has 104 valence electrons. The third-order valence-corrected chi connectivity index (χ3v) is 4.16. The zero-order valence-corrected chi connectivity index (χ0v) is 11.3. The molecule has 1 amide bonds. The first-order valence-electron chi connectivity index (χ1n) is 5.91. The molecule has 0 aromatic carbocycles. The summed E-state index contributed by atoms with van der Waals surface area (Å²) in [4.78, 5) is 25.6. The average Bonchev–Trinajstić information content (AvgIpc) is 2.76. The highest BCUT2D eigenvalue weighted by molar-refractivity contribution is 7.07. The molecule has 19 heavy (non-hydrogen) atoms. The van der Waals surface area contributed by atoms with Gasteiger partial charge in [-0.25, -0.2) is 0 Å². The first-order valence-corrected chi connectivity index (χ1v) is 6.79. The fourth-order valence-corrected chi connectivity index (χ4v) is 3.06. The first-order chi connectivity index (χ1) is 8.98. The molecule has 1 fully saturated rings. The van der Waals surface area contributed by atoms with Crippen LogP contribution in [0.25, 0.3) is 0 Å². The number of nitrogens with zero attached hydrogens (tertiary/aromatic N) is 1. The Hall–Kier alpha value is -1.83. The average molecular weight is 284 g/mol. The first kappa shape index (κ1) is 13.6. The van der Waals surface area contributed by atoms with Gasteiger partial charge in [0.1, 0.15) is 5.41 Å². The Labute approximate surface area is 113 Å². The molecule has 1 heterocycles. The molecule has 0 saturated heterocycles. The number of H-pyrrole nitrogens is 1. The quantitative estimate of drug-likeness (QED) is 0.273. The lowest BCUT2D eigenvalue weighted by Crippen LogP contribution is -2.56. The van der Waals surface area contributed by atoms with E-state index in [-0.39, 0.29) is 23.2 Å². The number of rotatable bonds is 4. The number of nitrogens with one attached hydrogen (secondary N) is 2. The van der Waals surface area contributed by atoms with E-state index in [1.54, 1.807) is 5.38 Å². The minimum Gasteiger partial charge on any atom is -0.409 e. The predicted molar refractivity (Wildman–Crippen MR) is 71.0 cm³/mol. The van der Waals surface area contributed by atoms with Crippen molar-refractivity contribution in [2.45, 2.75) is 26.3 Å². The normalized spacial score (nSPS) is 26.8. The van der Waals surface area contributed by atoms with Gasteiger partial charge < -0.3 is 21.2 Å². The molecule has 1 aliphatic carbocycles. The third kappa shape index (κ3) is 2.48. The van der Waals surface area contributed by atoms with Gasteiger partial charge in [0.2, 0.25) is 5.91 Å². The standard InChI is InChI=1S/C11H16N4O3S/c1-6-2-11(3-6,8(12)15-18)9(16)13-4-7-5-19-10(17)14-7/h5-6,18H,2-4H2,1H3,(H2,12,15)(H,13,16)(H,14,17). The van der Waals surface area contributed by atoms with Gasteiger partial charge in [0.25, 0.3) is 0 Å². The number of oxime groups is 1. The molecule has 5 N–H and O–H groups in total. The van der Waals surface area contributed by atoms with Crippen molar-refractivity contribution in [2.75, 3.05) is 0 Å². The van der Waals surface area contributed by atoms with Gasteiger partial charge in [0, 0.05) is 11.1 Å². The Balaban J connectivity index is 2.03. The van der Waals surface area contributed by atoms with Crippen molar-refractivity contribution in [3.8, 4) is 0 Å². The number of amidine groups is 1. The lowest BCUT2D eigenvalue weighted by Gasteiger charge is -2.43. The fourth-order valence-electron chi connectivity index (χ4n) is 2.48. The van der Waals surface area contributed by atoms with Crippen LogP contribution in [0, 0.1) is 11.3 Å². The number of carbonyl (C=O) groups excluding carboxylic acids is 1. The number of hydrogen-bond acceptors (Lipinski definition) is 5. The Morgan fingerprint density at radius 3 is 2.89 bits per heavy atom. The van der Waals surface area contributed by atoms with Crippen LogP contribution in [0.4, 0.5) is 0 Å². The van der Waals surface area contributed by atoms with Crippen LogP contribution in [0.2, 0.25) is 0 Å². The van der Waals surface area contributed by atoms with E-state index >= 15 is 0 Å². The molecular weight excluding hydrogens is 268 g/mol. The van der Waals surface area contributed by atoms with Gasteiger partial charge in [-0.2, -0.15) is 0 Å². The van der Waals surface area contributed by atoms with E-state index in [1.807, 2.05) is 6.92 Å². The molecule has 7 nitrogen and oxygen atoms in total. The highest BCUT2D eigenvalue weighted by Gasteiger charge is 2.52. The summed E-state index contributed by atoms with van der Waals surface area (Å²) in [6.07, 6.45) is 1.13. The number of aromatic amines is 1. The van der Waals surface area contributed by atoms with E-state index in [0.717, 1.165) is 11.3 Å². The molecule has 1 aromatic heterocycles. The Bertz CT molecular complexity index is 556. The molecule has 0 bridgehead atoms. The highest BCUT2D eigenvalue weighted by Crippen LogP contribution is 2.45. The van der Waals surface area contributed by atoms with Crippen LogP contribution in [0.1, 0.15) is 25.5 Å². The van der Waals surface area contributed by atoms with Crippen molar-refractivity contribution < 1.29 is 10.0 Å². The minimum atomic E-state index is -0.912.